The van der Waals surface area contributed by atoms with Gasteiger partial charge >= 0.3 is 0 Å². The van der Waals surface area contributed by atoms with E-state index in [1.54, 1.807) is 30.3 Å². The molecular weight excluding hydrogens is 365 g/mol. The molecule has 130 valence electrons. The summed E-state index contributed by atoms with van der Waals surface area (Å²) in [5, 5.41) is 11.7. The number of halogens is 1. The Morgan fingerprint density at radius 1 is 1.12 bits per heavy atom. The van der Waals surface area contributed by atoms with Crippen molar-refractivity contribution in [2.45, 2.75) is 10.1 Å². The van der Waals surface area contributed by atoms with Crippen LogP contribution in [0.5, 0.6) is 0 Å². The molecule has 1 N–H and O–H groups in total. The van der Waals surface area contributed by atoms with Crippen LogP contribution in [0.25, 0.3) is 5.69 Å². The molecule has 2 aromatic carbocycles. The van der Waals surface area contributed by atoms with Gasteiger partial charge in [-0.2, -0.15) is 4.68 Å². The Morgan fingerprint density at radius 2 is 1.92 bits per heavy atom. The largest absolute Gasteiger partial charge is 0.240 e. The average Bonchev–Trinajstić information content (AvgIpc) is 3.08. The Bertz CT molecular complexity index is 947. The highest BCUT2D eigenvalue weighted by molar-refractivity contribution is 7.99. The molecule has 0 aliphatic heterocycles. The van der Waals surface area contributed by atoms with Crippen LogP contribution in [-0.2, 0) is 10.0 Å². The minimum Gasteiger partial charge on any atom is -0.210 e. The Morgan fingerprint density at radius 3 is 2.68 bits per heavy atom. The van der Waals surface area contributed by atoms with Gasteiger partial charge in [0.15, 0.2) is 0 Å². The van der Waals surface area contributed by atoms with Gasteiger partial charge in [-0.05, 0) is 40.8 Å². The van der Waals surface area contributed by atoms with Gasteiger partial charge in [-0.25, -0.2) is 17.5 Å². The van der Waals surface area contributed by atoms with Gasteiger partial charge in [0.05, 0.1) is 10.6 Å². The molecule has 0 saturated carbocycles. The Labute approximate surface area is 148 Å². The van der Waals surface area contributed by atoms with Crippen molar-refractivity contribution in [1.29, 1.82) is 0 Å². The number of aromatic nitrogens is 4. The van der Waals surface area contributed by atoms with Crippen LogP contribution in [0.3, 0.4) is 0 Å². The van der Waals surface area contributed by atoms with Gasteiger partial charge < -0.3 is 0 Å². The Hall–Kier alpha value is -2.30. The summed E-state index contributed by atoms with van der Waals surface area (Å²) in [6, 6.07) is 14.0. The van der Waals surface area contributed by atoms with E-state index in [1.165, 1.54) is 40.7 Å². The molecule has 0 aliphatic rings. The molecule has 3 rings (SSSR count). The van der Waals surface area contributed by atoms with Crippen LogP contribution in [0.2, 0.25) is 0 Å². The van der Waals surface area contributed by atoms with E-state index < -0.39 is 10.0 Å². The molecule has 0 saturated heterocycles. The van der Waals surface area contributed by atoms with Crippen LogP contribution < -0.4 is 4.72 Å². The number of benzene rings is 2. The molecule has 10 heteroatoms. The molecule has 7 nitrogen and oxygen atoms in total. The maximum Gasteiger partial charge on any atom is 0.240 e. The molecule has 0 spiro atoms. The highest BCUT2D eigenvalue weighted by Crippen LogP contribution is 2.18. The monoisotopic (exact) mass is 379 g/mol. The number of sulfonamides is 1. The highest BCUT2D eigenvalue weighted by atomic mass is 32.2. The molecule has 0 bridgehead atoms. The van der Waals surface area contributed by atoms with E-state index in [1.807, 2.05) is 0 Å². The van der Waals surface area contributed by atoms with Crippen LogP contribution in [0.4, 0.5) is 4.39 Å². The van der Waals surface area contributed by atoms with Gasteiger partial charge in [-0.1, -0.05) is 36.0 Å². The average molecular weight is 379 g/mol. The van der Waals surface area contributed by atoms with Crippen molar-refractivity contribution >= 4 is 21.8 Å². The lowest BCUT2D eigenvalue weighted by molar-refractivity contribution is 0.584. The summed E-state index contributed by atoms with van der Waals surface area (Å²) in [6.07, 6.45) is 0. The SMILES string of the molecule is O=S(=O)(NCCSc1nnnn1-c1cccc(F)c1)c1ccccc1. The van der Waals surface area contributed by atoms with Crippen molar-refractivity contribution in [2.24, 2.45) is 0 Å². The summed E-state index contributed by atoms with van der Waals surface area (Å²) in [5.41, 5.74) is 0.498. The fraction of sp³-hybridized carbons (Fsp3) is 0.133. The number of hydrogen-bond acceptors (Lipinski definition) is 6. The third-order valence-electron chi connectivity index (χ3n) is 3.17. The van der Waals surface area contributed by atoms with E-state index in [0.29, 0.717) is 16.6 Å². The van der Waals surface area contributed by atoms with Crippen LogP contribution in [0.1, 0.15) is 0 Å². The van der Waals surface area contributed by atoms with Crippen LogP contribution in [-0.4, -0.2) is 40.9 Å². The molecule has 3 aromatic rings. The van der Waals surface area contributed by atoms with Crippen molar-refractivity contribution in [3.05, 3.63) is 60.4 Å². The molecular formula is C15H14FN5O2S2. The number of nitrogens with zero attached hydrogens (tertiary/aromatic N) is 4. The Kier molecular flexibility index (Phi) is 5.41. The van der Waals surface area contributed by atoms with Gasteiger partial charge in [0.25, 0.3) is 0 Å². The van der Waals surface area contributed by atoms with Crippen molar-refractivity contribution in [3.63, 3.8) is 0 Å². The molecule has 0 atom stereocenters. The fourth-order valence-corrected chi connectivity index (χ4v) is 3.97. The first-order valence-corrected chi connectivity index (χ1v) is 9.75. The maximum atomic E-state index is 13.3. The quantitative estimate of drug-likeness (QED) is 0.498. The minimum absolute atomic E-state index is 0.206. The molecule has 0 radical (unpaired) electrons. The molecule has 25 heavy (non-hydrogen) atoms. The van der Waals surface area contributed by atoms with Crippen molar-refractivity contribution in [1.82, 2.24) is 24.9 Å². The maximum absolute atomic E-state index is 13.3. The van der Waals surface area contributed by atoms with Crippen molar-refractivity contribution in [2.75, 3.05) is 12.3 Å². The summed E-state index contributed by atoms with van der Waals surface area (Å²) in [7, 11) is -3.54. The second kappa shape index (κ2) is 7.72. The predicted molar refractivity (Wildman–Crippen MR) is 91.5 cm³/mol. The lowest BCUT2D eigenvalue weighted by Crippen LogP contribution is -2.26. The standard InChI is InChI=1S/C15H14FN5O2S2/c16-12-5-4-6-13(11-12)21-15(18-19-20-21)24-10-9-17-25(22,23)14-7-2-1-3-8-14/h1-8,11,17H,9-10H2. The summed E-state index contributed by atoms with van der Waals surface area (Å²) < 4.78 is 41.5. The first-order valence-electron chi connectivity index (χ1n) is 7.28. The zero-order valence-corrected chi connectivity index (χ0v) is 14.5. The van der Waals surface area contributed by atoms with Gasteiger partial charge in [0.1, 0.15) is 5.82 Å². The third kappa shape index (κ3) is 4.41. The van der Waals surface area contributed by atoms with E-state index in [0.717, 1.165) is 0 Å². The van der Waals surface area contributed by atoms with Crippen LogP contribution in [0, 0.1) is 5.82 Å². The van der Waals surface area contributed by atoms with E-state index in [9.17, 15) is 12.8 Å². The zero-order chi connectivity index (χ0) is 17.7. The van der Waals surface area contributed by atoms with E-state index in [2.05, 4.69) is 20.2 Å². The third-order valence-corrected chi connectivity index (χ3v) is 5.57. The molecule has 1 heterocycles. The molecule has 0 amide bonds. The number of thioether (sulfide) groups is 1. The van der Waals surface area contributed by atoms with Crippen molar-refractivity contribution < 1.29 is 12.8 Å². The van der Waals surface area contributed by atoms with Gasteiger partial charge in [-0.3, -0.25) is 0 Å². The van der Waals surface area contributed by atoms with Crippen LogP contribution in [0.15, 0.2) is 64.6 Å². The Balaban J connectivity index is 1.60. The topological polar surface area (TPSA) is 89.8 Å². The highest BCUT2D eigenvalue weighted by Gasteiger charge is 2.13. The van der Waals surface area contributed by atoms with Crippen LogP contribution >= 0.6 is 11.8 Å². The lowest BCUT2D eigenvalue weighted by Gasteiger charge is -2.07. The first kappa shape index (κ1) is 17.5. The number of rotatable bonds is 7. The number of tetrazole rings is 1. The minimum atomic E-state index is -3.54. The molecule has 0 fully saturated rings. The second-order valence-electron chi connectivity index (χ2n) is 4.91. The summed E-state index contributed by atoms with van der Waals surface area (Å²) in [6.45, 7) is 0.206. The van der Waals surface area contributed by atoms with E-state index in [-0.39, 0.29) is 17.3 Å². The lowest BCUT2D eigenvalue weighted by atomic mass is 10.3. The van der Waals surface area contributed by atoms with E-state index >= 15 is 0 Å². The predicted octanol–water partition coefficient (Wildman–Crippen LogP) is 1.87. The van der Waals surface area contributed by atoms with E-state index in [4.69, 9.17) is 0 Å². The molecule has 0 unspecified atom stereocenters. The fourth-order valence-electron chi connectivity index (χ4n) is 2.04. The smallest absolute Gasteiger partial charge is 0.210 e. The van der Waals surface area contributed by atoms with Gasteiger partial charge in [-0.15, -0.1) is 5.10 Å². The number of hydrogen-bond donors (Lipinski definition) is 1. The first-order chi connectivity index (χ1) is 12.1. The summed E-state index contributed by atoms with van der Waals surface area (Å²) in [4.78, 5) is 0.213. The summed E-state index contributed by atoms with van der Waals surface area (Å²) in [5.74, 6) is 0.0291. The van der Waals surface area contributed by atoms with Gasteiger partial charge in [0, 0.05) is 12.3 Å². The van der Waals surface area contributed by atoms with Crippen molar-refractivity contribution in [3.8, 4) is 5.69 Å². The molecule has 0 aliphatic carbocycles. The zero-order valence-electron chi connectivity index (χ0n) is 12.9. The second-order valence-corrected chi connectivity index (χ2v) is 7.74. The summed E-state index contributed by atoms with van der Waals surface area (Å²) >= 11 is 1.27. The number of nitrogens with one attached hydrogen (secondary N) is 1. The molecule has 1 aromatic heterocycles. The van der Waals surface area contributed by atoms with Gasteiger partial charge in [0.2, 0.25) is 15.2 Å². The normalized spacial score (nSPS) is 11.6.